The van der Waals surface area contributed by atoms with Crippen LogP contribution in [0.5, 0.6) is 0 Å². The molecule has 0 saturated carbocycles. The molecule has 0 aliphatic heterocycles. The Morgan fingerprint density at radius 1 is 0.733 bits per heavy atom. The standard InChI is InChI=1S/C16H36NO2PS.C7H16OS/c1-14(2)17(15(3)4)20(19-16(5)6)18-12-10-8-9-11-13-21-7;1-9-7-5-3-2-4-6-8/h14-16H,8-13H2,1-7H3;8H,2-7H2,1H3. The van der Waals surface area contributed by atoms with Crippen LogP contribution in [0.3, 0.4) is 0 Å². The van der Waals surface area contributed by atoms with Crippen LogP contribution in [0, 0.1) is 0 Å². The third-order valence-corrected chi connectivity index (χ3v) is 7.95. The van der Waals surface area contributed by atoms with Crippen LogP contribution in [-0.4, -0.2) is 65.2 Å². The van der Waals surface area contributed by atoms with E-state index in [4.69, 9.17) is 14.2 Å². The van der Waals surface area contributed by atoms with Gasteiger partial charge in [-0.1, -0.05) is 25.7 Å². The molecule has 0 spiro atoms. The van der Waals surface area contributed by atoms with E-state index in [1.807, 2.05) is 23.5 Å². The first kappa shape index (κ1) is 33.1. The molecule has 0 rings (SSSR count). The second kappa shape index (κ2) is 24.6. The number of rotatable bonds is 19. The summed E-state index contributed by atoms with van der Waals surface area (Å²) in [5.74, 6) is 2.55. The Bertz CT molecular complexity index is 324. The molecular formula is C23H52NO3PS2. The van der Waals surface area contributed by atoms with Gasteiger partial charge in [0, 0.05) is 18.7 Å². The van der Waals surface area contributed by atoms with Crippen molar-refractivity contribution in [1.82, 2.24) is 4.67 Å². The number of hydrogen-bond acceptors (Lipinski definition) is 6. The van der Waals surface area contributed by atoms with E-state index in [1.165, 1.54) is 50.0 Å². The molecule has 0 aliphatic carbocycles. The lowest BCUT2D eigenvalue weighted by molar-refractivity contribution is 0.146. The average molecular weight is 486 g/mol. The highest BCUT2D eigenvalue weighted by atomic mass is 32.2. The number of unbranched alkanes of at least 4 members (excludes halogenated alkanes) is 6. The lowest BCUT2D eigenvalue weighted by atomic mass is 10.2. The first-order chi connectivity index (χ1) is 14.3. The first-order valence-electron chi connectivity index (χ1n) is 11.8. The normalized spacial score (nSPS) is 12.7. The van der Waals surface area contributed by atoms with Crippen LogP contribution in [0.15, 0.2) is 0 Å². The van der Waals surface area contributed by atoms with Crippen LogP contribution in [0.4, 0.5) is 0 Å². The Hall–Kier alpha value is 0.970. The van der Waals surface area contributed by atoms with Gasteiger partial charge in [-0.3, -0.25) is 0 Å². The van der Waals surface area contributed by atoms with Crippen molar-refractivity contribution in [2.75, 3.05) is 37.2 Å². The van der Waals surface area contributed by atoms with Gasteiger partial charge in [-0.2, -0.15) is 23.5 Å². The Morgan fingerprint density at radius 2 is 1.20 bits per heavy atom. The molecule has 0 heterocycles. The highest BCUT2D eigenvalue weighted by Gasteiger charge is 2.27. The minimum atomic E-state index is -0.941. The minimum Gasteiger partial charge on any atom is -0.396 e. The fourth-order valence-electron chi connectivity index (χ4n) is 2.86. The second-order valence-corrected chi connectivity index (χ2v) is 11.7. The van der Waals surface area contributed by atoms with Crippen LogP contribution in [-0.2, 0) is 9.05 Å². The van der Waals surface area contributed by atoms with Gasteiger partial charge in [0.25, 0.3) is 8.53 Å². The molecule has 0 saturated heterocycles. The zero-order valence-corrected chi connectivity index (χ0v) is 23.7. The summed E-state index contributed by atoms with van der Waals surface area (Å²) >= 11 is 3.83. The van der Waals surface area contributed by atoms with E-state index in [0.29, 0.717) is 18.7 Å². The van der Waals surface area contributed by atoms with Crippen molar-refractivity contribution in [3.8, 4) is 0 Å². The maximum absolute atomic E-state index is 8.42. The third-order valence-electron chi connectivity index (χ3n) is 4.25. The summed E-state index contributed by atoms with van der Waals surface area (Å²) in [5, 5.41) is 8.42. The summed E-state index contributed by atoms with van der Waals surface area (Å²) in [5.41, 5.74) is 0. The van der Waals surface area contributed by atoms with Gasteiger partial charge in [-0.05, 0) is 91.2 Å². The molecule has 0 aromatic rings. The van der Waals surface area contributed by atoms with Gasteiger partial charge in [0.2, 0.25) is 0 Å². The van der Waals surface area contributed by atoms with E-state index in [2.05, 4.69) is 58.7 Å². The Balaban J connectivity index is 0. The predicted molar refractivity (Wildman–Crippen MR) is 142 cm³/mol. The van der Waals surface area contributed by atoms with Crippen LogP contribution in [0.1, 0.15) is 92.9 Å². The van der Waals surface area contributed by atoms with E-state index in [1.54, 1.807) is 0 Å². The van der Waals surface area contributed by atoms with Crippen LogP contribution >= 0.6 is 32.0 Å². The first-order valence-corrected chi connectivity index (χ1v) is 15.7. The molecule has 4 nitrogen and oxygen atoms in total. The van der Waals surface area contributed by atoms with E-state index in [0.717, 1.165) is 19.4 Å². The number of nitrogens with zero attached hydrogens (tertiary/aromatic N) is 1. The Kier molecular flexibility index (Phi) is 27.2. The average Bonchev–Trinajstić information content (AvgIpc) is 2.66. The van der Waals surface area contributed by atoms with Crippen molar-refractivity contribution >= 4 is 32.0 Å². The molecule has 1 N–H and O–H groups in total. The summed E-state index contributed by atoms with van der Waals surface area (Å²) < 4.78 is 14.5. The predicted octanol–water partition coefficient (Wildman–Crippen LogP) is 7.60. The molecule has 1 unspecified atom stereocenters. The van der Waals surface area contributed by atoms with Gasteiger partial charge in [0.05, 0.1) is 12.7 Å². The van der Waals surface area contributed by atoms with E-state index in [-0.39, 0.29) is 6.10 Å². The molecule has 0 aliphatic rings. The van der Waals surface area contributed by atoms with Crippen molar-refractivity contribution in [1.29, 1.82) is 0 Å². The zero-order valence-electron chi connectivity index (χ0n) is 21.2. The van der Waals surface area contributed by atoms with Crippen molar-refractivity contribution in [3.63, 3.8) is 0 Å². The Morgan fingerprint density at radius 3 is 1.60 bits per heavy atom. The minimum absolute atomic E-state index is 0.206. The molecule has 0 fully saturated rings. The topological polar surface area (TPSA) is 41.9 Å². The summed E-state index contributed by atoms with van der Waals surface area (Å²) in [6.45, 7) is 14.2. The van der Waals surface area contributed by atoms with Crippen LogP contribution in [0.25, 0.3) is 0 Å². The van der Waals surface area contributed by atoms with Gasteiger partial charge >= 0.3 is 0 Å². The van der Waals surface area contributed by atoms with Gasteiger partial charge in [-0.15, -0.1) is 0 Å². The molecule has 0 bridgehead atoms. The third kappa shape index (κ3) is 22.2. The van der Waals surface area contributed by atoms with Gasteiger partial charge in [0.1, 0.15) is 0 Å². The van der Waals surface area contributed by atoms with Crippen molar-refractivity contribution in [2.24, 2.45) is 0 Å². The molecule has 7 heteroatoms. The Labute approximate surface area is 199 Å². The monoisotopic (exact) mass is 485 g/mol. The molecule has 184 valence electrons. The number of thioether (sulfide) groups is 2. The van der Waals surface area contributed by atoms with Gasteiger partial charge < -0.3 is 14.2 Å². The molecule has 0 radical (unpaired) electrons. The number of hydrogen-bond donors (Lipinski definition) is 1. The van der Waals surface area contributed by atoms with E-state index in [9.17, 15) is 0 Å². The van der Waals surface area contributed by atoms with Crippen molar-refractivity contribution in [2.45, 2.75) is 111 Å². The lowest BCUT2D eigenvalue weighted by Crippen LogP contribution is -2.34. The second-order valence-electron chi connectivity index (χ2n) is 8.33. The quantitative estimate of drug-likeness (QED) is 0.150. The largest absolute Gasteiger partial charge is 0.396 e. The fourth-order valence-corrected chi connectivity index (χ4v) is 5.55. The number of aliphatic hydroxyl groups excluding tert-OH is 1. The van der Waals surface area contributed by atoms with E-state index < -0.39 is 8.53 Å². The number of aliphatic hydroxyl groups is 1. The molecule has 0 amide bonds. The zero-order chi connectivity index (χ0) is 23.2. The molecule has 0 aromatic carbocycles. The molecule has 0 aromatic heterocycles. The highest BCUT2D eigenvalue weighted by molar-refractivity contribution is 7.98. The lowest BCUT2D eigenvalue weighted by Gasteiger charge is -2.36. The maximum atomic E-state index is 8.42. The molecular weight excluding hydrogens is 433 g/mol. The highest BCUT2D eigenvalue weighted by Crippen LogP contribution is 2.47. The summed E-state index contributed by atoms with van der Waals surface area (Å²) in [6.07, 6.45) is 14.3. The van der Waals surface area contributed by atoms with Crippen molar-refractivity contribution in [3.05, 3.63) is 0 Å². The summed E-state index contributed by atoms with van der Waals surface area (Å²) in [4.78, 5) is 0. The van der Waals surface area contributed by atoms with Crippen LogP contribution < -0.4 is 0 Å². The van der Waals surface area contributed by atoms with E-state index >= 15 is 0 Å². The summed E-state index contributed by atoms with van der Waals surface area (Å²) in [7, 11) is -0.941. The smallest absolute Gasteiger partial charge is 0.259 e. The fraction of sp³-hybridized carbons (Fsp3) is 1.00. The van der Waals surface area contributed by atoms with Crippen LogP contribution in [0.2, 0.25) is 0 Å². The molecule has 30 heavy (non-hydrogen) atoms. The maximum Gasteiger partial charge on any atom is 0.259 e. The van der Waals surface area contributed by atoms with Gasteiger partial charge in [-0.25, -0.2) is 4.67 Å². The molecule has 1 atom stereocenters. The summed E-state index contributed by atoms with van der Waals surface area (Å²) in [6, 6.07) is 0.882. The van der Waals surface area contributed by atoms with Crippen molar-refractivity contribution < 1.29 is 14.2 Å². The van der Waals surface area contributed by atoms with Gasteiger partial charge in [0.15, 0.2) is 0 Å². The SMILES string of the molecule is CSCCCCCCO.CSCCCCCCOP(OC(C)C)N(C(C)C)C(C)C.